The number of carbonyl (C=O) groups is 1. The third-order valence-electron chi connectivity index (χ3n) is 7.82. The van der Waals surface area contributed by atoms with E-state index < -0.39 is 0 Å². The number of pyridine rings is 1. The Kier molecular flexibility index (Phi) is 6.26. The van der Waals surface area contributed by atoms with E-state index in [0.717, 1.165) is 75.5 Å². The first-order valence-electron chi connectivity index (χ1n) is 12.3. The number of nitrogens with zero attached hydrogens (tertiary/aromatic N) is 3. The first-order valence-corrected chi connectivity index (χ1v) is 12.3. The van der Waals surface area contributed by atoms with E-state index in [9.17, 15) is 4.79 Å². The number of fused-ring (bicyclic) bond motifs is 1. The second-order valence-corrected chi connectivity index (χ2v) is 10.1. The molecule has 3 heterocycles. The maximum absolute atomic E-state index is 12.1. The molecule has 5 heteroatoms. The van der Waals surface area contributed by atoms with Gasteiger partial charge in [0.25, 0.3) is 0 Å². The summed E-state index contributed by atoms with van der Waals surface area (Å²) >= 11 is 0. The van der Waals surface area contributed by atoms with Crippen molar-refractivity contribution < 1.29 is 9.53 Å². The first-order chi connectivity index (χ1) is 14.7. The van der Waals surface area contributed by atoms with Crippen molar-refractivity contribution in [3.8, 4) is 5.75 Å². The molecule has 0 N–H and O–H groups in total. The molecule has 5 nitrogen and oxygen atoms in total. The number of Topliss-reactive ketones (excluding diaryl/α,β-unsaturated/α-hetero) is 1. The molecule has 4 aliphatic rings. The summed E-state index contributed by atoms with van der Waals surface area (Å²) in [7, 11) is 0. The van der Waals surface area contributed by atoms with Crippen LogP contribution in [0.1, 0.15) is 63.4 Å². The van der Waals surface area contributed by atoms with Gasteiger partial charge in [-0.2, -0.15) is 0 Å². The van der Waals surface area contributed by atoms with Gasteiger partial charge in [-0.05, 0) is 62.5 Å². The molecular weight excluding hydrogens is 374 g/mol. The fraction of sp³-hybridized carbons (Fsp3) is 0.760. The molecule has 5 rings (SSSR count). The Labute approximate surface area is 181 Å². The molecule has 164 valence electrons. The maximum atomic E-state index is 12.1. The van der Waals surface area contributed by atoms with Crippen molar-refractivity contribution in [2.75, 3.05) is 44.2 Å². The minimum atomic E-state index is 0.545. The topological polar surface area (TPSA) is 45.7 Å². The fourth-order valence-electron chi connectivity index (χ4n) is 5.69. The summed E-state index contributed by atoms with van der Waals surface area (Å²) in [6.07, 6.45) is 13.8. The molecule has 0 spiro atoms. The maximum Gasteiger partial charge on any atom is 0.135 e. The molecule has 0 atom stereocenters. The van der Waals surface area contributed by atoms with Gasteiger partial charge in [-0.3, -0.25) is 9.69 Å². The predicted molar refractivity (Wildman–Crippen MR) is 119 cm³/mol. The molecule has 0 radical (unpaired) electrons. The molecule has 30 heavy (non-hydrogen) atoms. The number of ketones is 1. The second kappa shape index (κ2) is 9.25. The molecule has 1 aromatic heterocycles. The monoisotopic (exact) mass is 411 g/mol. The fourth-order valence-corrected chi connectivity index (χ4v) is 5.69. The van der Waals surface area contributed by atoms with Crippen molar-refractivity contribution in [3.63, 3.8) is 0 Å². The van der Waals surface area contributed by atoms with Crippen LogP contribution in [0.25, 0.3) is 0 Å². The van der Waals surface area contributed by atoms with E-state index in [2.05, 4.69) is 14.8 Å². The lowest BCUT2D eigenvalue weighted by atomic mass is 9.78. The van der Waals surface area contributed by atoms with Crippen molar-refractivity contribution in [3.05, 3.63) is 17.8 Å². The summed E-state index contributed by atoms with van der Waals surface area (Å²) in [5.41, 5.74) is 1.30. The van der Waals surface area contributed by atoms with Gasteiger partial charge in [-0.15, -0.1) is 0 Å². The Balaban J connectivity index is 1.01. The lowest BCUT2D eigenvalue weighted by Gasteiger charge is -2.37. The molecule has 0 aromatic carbocycles. The molecule has 2 aliphatic heterocycles. The van der Waals surface area contributed by atoms with Gasteiger partial charge in [-0.25, -0.2) is 4.98 Å². The number of carbonyl (C=O) groups excluding carboxylic acids is 1. The summed E-state index contributed by atoms with van der Waals surface area (Å²) in [5.74, 6) is 5.03. The molecular formula is C25H37N3O2. The Bertz CT molecular complexity index is 732. The Hall–Kier alpha value is -1.62. The summed E-state index contributed by atoms with van der Waals surface area (Å²) in [6.45, 7) is 6.44. The highest BCUT2D eigenvalue weighted by Crippen LogP contribution is 2.37. The van der Waals surface area contributed by atoms with Crippen LogP contribution in [0.5, 0.6) is 5.75 Å². The van der Waals surface area contributed by atoms with Gasteiger partial charge in [-0.1, -0.05) is 12.8 Å². The zero-order valence-electron chi connectivity index (χ0n) is 18.4. The molecule has 2 saturated carbocycles. The van der Waals surface area contributed by atoms with Gasteiger partial charge in [0.05, 0.1) is 6.61 Å². The third-order valence-corrected chi connectivity index (χ3v) is 7.82. The molecule has 1 saturated heterocycles. The molecule has 0 amide bonds. The minimum Gasteiger partial charge on any atom is -0.493 e. The van der Waals surface area contributed by atoms with Gasteiger partial charge >= 0.3 is 0 Å². The van der Waals surface area contributed by atoms with E-state index >= 15 is 0 Å². The highest BCUT2D eigenvalue weighted by atomic mass is 16.5. The number of hydrogen-bond acceptors (Lipinski definition) is 5. The second-order valence-electron chi connectivity index (χ2n) is 10.1. The number of rotatable bonds is 8. The van der Waals surface area contributed by atoms with Crippen LogP contribution in [-0.4, -0.2) is 55.0 Å². The molecule has 0 bridgehead atoms. The Morgan fingerprint density at radius 3 is 2.33 bits per heavy atom. The van der Waals surface area contributed by atoms with E-state index in [1.807, 2.05) is 12.3 Å². The number of ether oxygens (including phenoxy) is 1. The number of aromatic nitrogens is 1. The van der Waals surface area contributed by atoms with Crippen LogP contribution in [0.4, 0.5) is 5.82 Å². The summed E-state index contributed by atoms with van der Waals surface area (Å²) in [5, 5.41) is 0. The van der Waals surface area contributed by atoms with Gasteiger partial charge in [0, 0.05) is 57.2 Å². The van der Waals surface area contributed by atoms with Crippen LogP contribution in [0.3, 0.4) is 0 Å². The van der Waals surface area contributed by atoms with E-state index in [-0.39, 0.29) is 0 Å². The normalized spacial score (nSPS) is 27.0. The van der Waals surface area contributed by atoms with Crippen LogP contribution in [-0.2, 0) is 11.2 Å². The summed E-state index contributed by atoms with van der Waals surface area (Å²) in [4.78, 5) is 21.9. The first kappa shape index (κ1) is 20.3. The Morgan fingerprint density at radius 2 is 1.63 bits per heavy atom. The SMILES string of the molecule is O=C(CC1CCC(CCN2CCN(c3nccc4c3CCO4)CC2)CC1)CC1CC1. The zero-order valence-corrected chi connectivity index (χ0v) is 18.4. The van der Waals surface area contributed by atoms with Crippen molar-refractivity contribution in [2.24, 2.45) is 17.8 Å². The van der Waals surface area contributed by atoms with Gasteiger partial charge < -0.3 is 9.64 Å². The van der Waals surface area contributed by atoms with Gasteiger partial charge in [0.1, 0.15) is 17.4 Å². The van der Waals surface area contributed by atoms with E-state index in [4.69, 9.17) is 4.74 Å². The van der Waals surface area contributed by atoms with Crippen LogP contribution in [0.2, 0.25) is 0 Å². The molecule has 3 fully saturated rings. The van der Waals surface area contributed by atoms with Crippen molar-refractivity contribution >= 4 is 11.6 Å². The smallest absolute Gasteiger partial charge is 0.135 e. The largest absolute Gasteiger partial charge is 0.493 e. The summed E-state index contributed by atoms with van der Waals surface area (Å²) in [6, 6.07) is 2.00. The molecule has 1 aromatic rings. The highest BCUT2D eigenvalue weighted by Gasteiger charge is 2.28. The highest BCUT2D eigenvalue weighted by molar-refractivity contribution is 5.79. The lowest BCUT2D eigenvalue weighted by molar-refractivity contribution is -0.120. The third kappa shape index (κ3) is 4.99. The van der Waals surface area contributed by atoms with Crippen molar-refractivity contribution in [1.82, 2.24) is 9.88 Å². The van der Waals surface area contributed by atoms with E-state index in [1.165, 1.54) is 57.1 Å². The van der Waals surface area contributed by atoms with Crippen LogP contribution < -0.4 is 9.64 Å². The minimum absolute atomic E-state index is 0.545. The average Bonchev–Trinajstić information content (AvgIpc) is 3.45. The number of piperazine rings is 1. The van der Waals surface area contributed by atoms with Crippen LogP contribution in [0, 0.1) is 17.8 Å². The van der Waals surface area contributed by atoms with Crippen LogP contribution >= 0.6 is 0 Å². The summed E-state index contributed by atoms with van der Waals surface area (Å²) < 4.78 is 5.71. The predicted octanol–water partition coefficient (Wildman–Crippen LogP) is 4.09. The molecule has 0 unspecified atom stereocenters. The molecule has 2 aliphatic carbocycles. The standard InChI is InChI=1S/C25H37N3O2/c29-22(18-21-5-6-21)17-20-3-1-19(2-4-20)8-11-27-12-14-28(15-13-27)25-23-9-16-30-24(23)7-10-26-25/h7,10,19-21H,1-6,8-9,11-18H2. The Morgan fingerprint density at radius 1 is 0.967 bits per heavy atom. The quantitative estimate of drug-likeness (QED) is 0.645. The van der Waals surface area contributed by atoms with Crippen molar-refractivity contribution in [1.29, 1.82) is 0 Å². The van der Waals surface area contributed by atoms with Crippen molar-refractivity contribution in [2.45, 2.75) is 64.2 Å². The van der Waals surface area contributed by atoms with Gasteiger partial charge in [0.15, 0.2) is 0 Å². The van der Waals surface area contributed by atoms with Gasteiger partial charge in [0.2, 0.25) is 0 Å². The lowest BCUT2D eigenvalue weighted by Crippen LogP contribution is -2.47. The number of anilines is 1. The van der Waals surface area contributed by atoms with E-state index in [1.54, 1.807) is 0 Å². The zero-order chi connectivity index (χ0) is 20.3. The van der Waals surface area contributed by atoms with E-state index in [0.29, 0.717) is 11.7 Å². The number of hydrogen-bond donors (Lipinski definition) is 0. The average molecular weight is 412 g/mol. The van der Waals surface area contributed by atoms with Crippen LogP contribution in [0.15, 0.2) is 12.3 Å².